The van der Waals surface area contributed by atoms with Gasteiger partial charge in [0, 0.05) is 32.1 Å². The Morgan fingerprint density at radius 2 is 1.73 bits per heavy atom. The number of amides is 2. The van der Waals surface area contributed by atoms with E-state index in [0.717, 1.165) is 24.8 Å². The lowest BCUT2D eigenvalue weighted by molar-refractivity contribution is -0.134. The van der Waals surface area contributed by atoms with E-state index in [1.165, 1.54) is 18.4 Å². The van der Waals surface area contributed by atoms with Crippen LogP contribution in [0.5, 0.6) is 0 Å². The number of aliphatic hydroxyl groups is 1. The first-order valence-corrected chi connectivity index (χ1v) is 15.4. The van der Waals surface area contributed by atoms with Crippen LogP contribution < -0.4 is 10.6 Å². The second-order valence-electron chi connectivity index (χ2n) is 13.5. The molecular weight excluding hydrogens is 598 g/mol. The monoisotopic (exact) mass is 635 g/mol. The number of carbonyl (C=O) groups excluding carboxylic acids is 2. The maximum Gasteiger partial charge on any atom is 0.276 e. The zero-order valence-corrected chi connectivity index (χ0v) is 25.1. The average molecular weight is 636 g/mol. The van der Waals surface area contributed by atoms with E-state index in [0.29, 0.717) is 11.3 Å². The highest BCUT2D eigenvalue weighted by Crippen LogP contribution is 2.45. The number of imidazole rings is 1. The summed E-state index contributed by atoms with van der Waals surface area (Å²) in [5.41, 5.74) is -0.251. The highest BCUT2D eigenvalue weighted by molar-refractivity contribution is 5.93. The highest BCUT2D eigenvalue weighted by atomic mass is 19.3. The molecule has 0 bridgehead atoms. The minimum absolute atomic E-state index is 0.0417. The first-order valence-electron chi connectivity index (χ1n) is 15.4. The summed E-state index contributed by atoms with van der Waals surface area (Å²) in [7, 11) is 0. The summed E-state index contributed by atoms with van der Waals surface area (Å²) in [6, 6.07) is 0.646. The molecule has 0 saturated heterocycles. The van der Waals surface area contributed by atoms with Gasteiger partial charge in [-0.3, -0.25) is 9.59 Å². The van der Waals surface area contributed by atoms with Crippen molar-refractivity contribution in [2.24, 2.45) is 17.8 Å². The predicted molar refractivity (Wildman–Crippen MR) is 150 cm³/mol. The van der Waals surface area contributed by atoms with Crippen LogP contribution in [-0.2, 0) is 10.4 Å². The Labute approximate surface area is 256 Å². The van der Waals surface area contributed by atoms with Gasteiger partial charge < -0.3 is 15.7 Å². The van der Waals surface area contributed by atoms with Crippen LogP contribution >= 0.6 is 0 Å². The van der Waals surface area contributed by atoms with E-state index in [1.807, 2.05) is 0 Å². The van der Waals surface area contributed by atoms with Gasteiger partial charge in [0.25, 0.3) is 5.91 Å². The summed E-state index contributed by atoms with van der Waals surface area (Å²) in [4.78, 5) is 30.9. The average Bonchev–Trinajstić information content (AvgIpc) is 3.57. The molecule has 0 radical (unpaired) electrons. The van der Waals surface area contributed by atoms with Crippen molar-refractivity contribution in [3.05, 3.63) is 41.1 Å². The van der Waals surface area contributed by atoms with E-state index in [2.05, 4.69) is 26.0 Å². The Hall–Kier alpha value is -3.62. The van der Waals surface area contributed by atoms with Crippen molar-refractivity contribution in [2.45, 2.75) is 108 Å². The second-order valence-corrected chi connectivity index (χ2v) is 13.5. The number of halogens is 4. The van der Waals surface area contributed by atoms with Gasteiger partial charge >= 0.3 is 0 Å². The molecule has 45 heavy (non-hydrogen) atoms. The second kappa shape index (κ2) is 11.6. The van der Waals surface area contributed by atoms with Crippen LogP contribution in [0.25, 0.3) is 5.65 Å². The van der Waals surface area contributed by atoms with Crippen LogP contribution in [0.3, 0.4) is 0 Å². The molecule has 3 aliphatic rings. The van der Waals surface area contributed by atoms with Crippen molar-refractivity contribution >= 4 is 17.5 Å². The first-order chi connectivity index (χ1) is 21.2. The van der Waals surface area contributed by atoms with Gasteiger partial charge in [0.15, 0.2) is 11.3 Å². The minimum Gasteiger partial charge on any atom is -0.384 e. The molecule has 2 amide bonds. The molecule has 0 aliphatic heterocycles. The molecule has 3 aliphatic carbocycles. The fourth-order valence-electron chi connectivity index (χ4n) is 6.68. The van der Waals surface area contributed by atoms with Crippen molar-refractivity contribution in [3.63, 3.8) is 0 Å². The summed E-state index contributed by atoms with van der Waals surface area (Å²) in [5.74, 6) is -6.98. The van der Waals surface area contributed by atoms with Gasteiger partial charge in [-0.2, -0.15) is 5.10 Å². The van der Waals surface area contributed by atoms with E-state index in [1.54, 1.807) is 18.5 Å². The van der Waals surface area contributed by atoms with Crippen LogP contribution in [0.2, 0.25) is 0 Å². The maximum atomic E-state index is 14.1. The number of hydrogen-bond donors (Lipinski definition) is 3. The number of hydrogen-bond acceptors (Lipinski definition) is 8. The number of nitrogens with zero attached hydrogens (tertiary/aromatic N) is 5. The van der Waals surface area contributed by atoms with Crippen molar-refractivity contribution < 1.29 is 36.9 Å². The summed E-state index contributed by atoms with van der Waals surface area (Å²) in [6.07, 6.45) is 5.19. The van der Waals surface area contributed by atoms with Crippen LogP contribution in [0, 0.1) is 17.8 Å². The molecule has 3 fully saturated rings. The fraction of sp³-hybridized carbons (Fsp3) is 0.667. The molecule has 6 rings (SSSR count). The molecule has 1 unspecified atom stereocenters. The Bertz CT molecular complexity index is 1550. The largest absolute Gasteiger partial charge is 0.384 e. The van der Waals surface area contributed by atoms with Gasteiger partial charge in [0.1, 0.15) is 11.3 Å². The van der Waals surface area contributed by atoms with Gasteiger partial charge in [0.2, 0.25) is 17.8 Å². The molecule has 15 heteroatoms. The highest BCUT2D eigenvalue weighted by Gasteiger charge is 2.46. The molecule has 244 valence electrons. The molecular formula is C30H37F4N7O4. The zero-order valence-electron chi connectivity index (χ0n) is 25.1. The van der Waals surface area contributed by atoms with E-state index >= 15 is 0 Å². The van der Waals surface area contributed by atoms with E-state index in [9.17, 15) is 32.3 Å². The lowest BCUT2D eigenvalue weighted by Gasteiger charge is -2.37. The first kappa shape index (κ1) is 31.4. The minimum atomic E-state index is -2.79. The lowest BCUT2D eigenvalue weighted by Crippen LogP contribution is -2.41. The van der Waals surface area contributed by atoms with Crippen molar-refractivity contribution in [3.8, 4) is 0 Å². The summed E-state index contributed by atoms with van der Waals surface area (Å²) < 4.78 is 61.0. The molecule has 3 saturated carbocycles. The quantitative estimate of drug-likeness (QED) is 0.263. The van der Waals surface area contributed by atoms with Crippen LogP contribution in [0.4, 0.5) is 17.6 Å². The molecule has 3 aromatic heterocycles. The lowest BCUT2D eigenvalue weighted by atomic mass is 9.76. The summed E-state index contributed by atoms with van der Waals surface area (Å²) >= 11 is 0. The number of carbonyl (C=O) groups is 2. The Balaban J connectivity index is 1.25. The topological polar surface area (TPSA) is 148 Å². The molecule has 2 atom stereocenters. The number of nitrogens with one attached hydrogen (secondary N) is 2. The van der Waals surface area contributed by atoms with Gasteiger partial charge in [0.05, 0.1) is 30.2 Å². The van der Waals surface area contributed by atoms with Crippen molar-refractivity contribution in [2.75, 3.05) is 0 Å². The number of fused-ring (bicyclic) bond motifs is 1. The molecule has 11 nitrogen and oxygen atoms in total. The predicted octanol–water partition coefficient (Wildman–Crippen LogP) is 5.03. The summed E-state index contributed by atoms with van der Waals surface area (Å²) in [6.45, 7) is 2.86. The van der Waals surface area contributed by atoms with E-state index < -0.39 is 29.4 Å². The van der Waals surface area contributed by atoms with Crippen molar-refractivity contribution in [1.29, 1.82) is 0 Å². The Morgan fingerprint density at radius 1 is 1.04 bits per heavy atom. The number of alkyl halides is 4. The molecule has 0 spiro atoms. The SMILES string of the molecule is CC(C)(O)c1nonc1C(=O)N[C@H](c1cn2ncc(C(NC(=O)CC3CC(F)(F)C3)C3CCC3)cc2n1)C1CCC(F)(F)CC1. The zero-order chi connectivity index (χ0) is 32.1. The molecule has 3 N–H and O–H groups in total. The molecule has 0 aromatic carbocycles. The van der Waals surface area contributed by atoms with Crippen LogP contribution in [-0.4, -0.2) is 53.7 Å². The molecule has 3 aromatic rings. The van der Waals surface area contributed by atoms with Gasteiger partial charge in [-0.25, -0.2) is 31.7 Å². The van der Waals surface area contributed by atoms with Gasteiger partial charge in [-0.1, -0.05) is 11.6 Å². The smallest absolute Gasteiger partial charge is 0.276 e. The number of aromatic nitrogens is 5. The summed E-state index contributed by atoms with van der Waals surface area (Å²) in [5, 5.41) is 28.2. The molecule has 3 heterocycles. The van der Waals surface area contributed by atoms with Gasteiger partial charge in [-0.15, -0.1) is 0 Å². The third kappa shape index (κ3) is 6.82. The van der Waals surface area contributed by atoms with Crippen LogP contribution in [0.1, 0.15) is 118 Å². The van der Waals surface area contributed by atoms with E-state index in [4.69, 9.17) is 9.61 Å². The number of rotatable bonds is 10. The maximum absolute atomic E-state index is 14.1. The van der Waals surface area contributed by atoms with Crippen LogP contribution in [0.15, 0.2) is 23.1 Å². The third-order valence-electron chi connectivity index (χ3n) is 9.43. The standard InChI is InChI=1S/C30H37F4N7O4/c1-28(2,44)26-25(39-45-40-26)27(43)38-24(18-6-8-29(31,32)9-7-18)20-15-41-21(36-20)11-19(14-35-41)23(17-4-3-5-17)37-22(42)10-16-12-30(33,34)13-16/h11,14-18,23-24,44H,3-10,12-13H2,1-2H3,(H,37,42)(H,38,43)/t23?,24-/m0/s1. The van der Waals surface area contributed by atoms with Gasteiger partial charge in [-0.05, 0) is 74.1 Å². The van der Waals surface area contributed by atoms with E-state index in [-0.39, 0.29) is 86.0 Å². The fourth-order valence-corrected chi connectivity index (χ4v) is 6.68. The van der Waals surface area contributed by atoms with Crippen molar-refractivity contribution in [1.82, 2.24) is 35.5 Å². The third-order valence-corrected chi connectivity index (χ3v) is 9.43. The normalized spacial score (nSPS) is 21.9. The Morgan fingerprint density at radius 3 is 2.36 bits per heavy atom. The Kier molecular flexibility index (Phi) is 8.11.